The molecule has 0 amide bonds. The van der Waals surface area contributed by atoms with E-state index in [0.717, 1.165) is 11.6 Å². The van der Waals surface area contributed by atoms with Crippen molar-refractivity contribution in [2.75, 3.05) is 7.11 Å². The third-order valence-electron chi connectivity index (χ3n) is 4.72. The minimum absolute atomic E-state index is 0.166. The molecule has 146 valence electrons. The van der Waals surface area contributed by atoms with Crippen LogP contribution >= 0.6 is 0 Å². The number of para-hydroxylation sites is 1. The van der Waals surface area contributed by atoms with Crippen LogP contribution in [0.25, 0.3) is 33.2 Å². The van der Waals surface area contributed by atoms with Crippen LogP contribution in [-0.4, -0.2) is 12.1 Å². The summed E-state index contributed by atoms with van der Waals surface area (Å²) < 4.78 is 59.8. The molecule has 4 rings (SSSR count). The van der Waals surface area contributed by atoms with Gasteiger partial charge in [-0.15, -0.1) is 0 Å². The third-order valence-corrected chi connectivity index (χ3v) is 4.72. The highest BCUT2D eigenvalue weighted by molar-refractivity contribution is 6.04. The summed E-state index contributed by atoms with van der Waals surface area (Å²) in [6, 6.07) is 17.1. The summed E-state index contributed by atoms with van der Waals surface area (Å²) in [5.41, 5.74) is 1.41. The summed E-state index contributed by atoms with van der Waals surface area (Å²) in [5, 5.41) is 0.311. The maximum absolute atomic E-state index is 13.8. The topological polar surface area (TPSA) is 22.1 Å². The quantitative estimate of drug-likeness (QED) is 0.357. The van der Waals surface area contributed by atoms with Crippen molar-refractivity contribution in [2.24, 2.45) is 0 Å². The van der Waals surface area contributed by atoms with Crippen LogP contribution in [0.15, 0.2) is 72.9 Å². The van der Waals surface area contributed by atoms with Crippen LogP contribution in [0.1, 0.15) is 5.56 Å². The molecular formula is C23H15F4NO. The monoisotopic (exact) mass is 397 g/mol. The number of hydrogen-bond acceptors (Lipinski definition) is 2. The number of aromatic nitrogens is 1. The van der Waals surface area contributed by atoms with E-state index in [1.54, 1.807) is 6.07 Å². The first-order chi connectivity index (χ1) is 13.9. The molecule has 6 heteroatoms. The Morgan fingerprint density at radius 1 is 0.862 bits per heavy atom. The van der Waals surface area contributed by atoms with Crippen molar-refractivity contribution < 1.29 is 22.3 Å². The number of halogens is 4. The zero-order valence-electron chi connectivity index (χ0n) is 15.3. The molecule has 0 fully saturated rings. The van der Waals surface area contributed by atoms with Crippen LogP contribution in [0.2, 0.25) is 0 Å². The van der Waals surface area contributed by atoms with Crippen molar-refractivity contribution in [3.8, 4) is 28.0 Å². The second kappa shape index (κ2) is 7.20. The Kier molecular flexibility index (Phi) is 4.70. The van der Waals surface area contributed by atoms with Gasteiger partial charge in [0.05, 0.1) is 18.2 Å². The molecule has 0 unspecified atom stereocenters. The van der Waals surface area contributed by atoms with E-state index in [1.807, 2.05) is 30.3 Å². The van der Waals surface area contributed by atoms with Gasteiger partial charge in [0.15, 0.2) is 0 Å². The van der Waals surface area contributed by atoms with E-state index in [0.29, 0.717) is 22.1 Å². The SMILES string of the molecule is COc1cc(F)ccc1-c1c(-c2ccccc2)cnc2c(C(F)(F)F)cccc12. The maximum Gasteiger partial charge on any atom is 0.418 e. The number of methoxy groups -OCH3 is 1. The average Bonchev–Trinajstić information content (AvgIpc) is 2.72. The average molecular weight is 397 g/mol. The van der Waals surface area contributed by atoms with E-state index in [2.05, 4.69) is 4.98 Å². The predicted octanol–water partition coefficient (Wildman–Crippen LogP) is 6.74. The lowest BCUT2D eigenvalue weighted by atomic mass is 9.91. The molecule has 0 aliphatic rings. The van der Waals surface area contributed by atoms with E-state index in [9.17, 15) is 17.6 Å². The van der Waals surface area contributed by atoms with Crippen LogP contribution in [0.4, 0.5) is 17.6 Å². The summed E-state index contributed by atoms with van der Waals surface area (Å²) in [7, 11) is 1.39. The fraction of sp³-hybridized carbons (Fsp3) is 0.0870. The van der Waals surface area contributed by atoms with Gasteiger partial charge in [0.2, 0.25) is 0 Å². The van der Waals surface area contributed by atoms with Gasteiger partial charge in [0.25, 0.3) is 0 Å². The van der Waals surface area contributed by atoms with Crippen LogP contribution in [0.3, 0.4) is 0 Å². The van der Waals surface area contributed by atoms with Gasteiger partial charge in [0, 0.05) is 34.3 Å². The molecular weight excluding hydrogens is 382 g/mol. The number of ether oxygens (including phenoxy) is 1. The van der Waals surface area contributed by atoms with Crippen molar-refractivity contribution in [2.45, 2.75) is 6.18 Å². The fourth-order valence-corrected chi connectivity index (χ4v) is 3.45. The first kappa shape index (κ1) is 18.9. The molecule has 4 aromatic rings. The molecule has 0 aliphatic heterocycles. The molecule has 0 saturated heterocycles. The summed E-state index contributed by atoms with van der Waals surface area (Å²) >= 11 is 0. The zero-order chi connectivity index (χ0) is 20.6. The Morgan fingerprint density at radius 3 is 2.31 bits per heavy atom. The Morgan fingerprint density at radius 2 is 1.62 bits per heavy atom. The first-order valence-corrected chi connectivity index (χ1v) is 8.78. The molecule has 29 heavy (non-hydrogen) atoms. The summed E-state index contributed by atoms with van der Waals surface area (Å²) in [4.78, 5) is 4.15. The Labute approximate surface area is 164 Å². The minimum Gasteiger partial charge on any atom is -0.496 e. The number of pyridine rings is 1. The van der Waals surface area contributed by atoms with Gasteiger partial charge in [-0.1, -0.05) is 42.5 Å². The van der Waals surface area contributed by atoms with Gasteiger partial charge in [0.1, 0.15) is 11.6 Å². The van der Waals surface area contributed by atoms with Crippen molar-refractivity contribution >= 4 is 10.9 Å². The van der Waals surface area contributed by atoms with E-state index in [-0.39, 0.29) is 11.3 Å². The highest BCUT2D eigenvalue weighted by Gasteiger charge is 2.34. The van der Waals surface area contributed by atoms with Crippen molar-refractivity contribution in [3.05, 3.63) is 84.3 Å². The van der Waals surface area contributed by atoms with Gasteiger partial charge in [-0.05, 0) is 23.8 Å². The largest absolute Gasteiger partial charge is 0.496 e. The maximum atomic E-state index is 13.8. The normalized spacial score (nSPS) is 11.6. The standard InChI is InChI=1S/C23H15F4NO/c1-29-20-12-15(24)10-11-16(20)21-17-8-5-9-19(23(25,26)27)22(17)28-13-18(21)14-6-3-2-4-7-14/h2-13H,1H3. The Hall–Kier alpha value is -3.41. The molecule has 0 aliphatic carbocycles. The molecule has 0 radical (unpaired) electrons. The van der Waals surface area contributed by atoms with Crippen LogP contribution in [-0.2, 0) is 6.18 Å². The summed E-state index contributed by atoms with van der Waals surface area (Å²) in [5.74, 6) is -0.270. The van der Waals surface area contributed by atoms with Gasteiger partial charge < -0.3 is 4.74 Å². The molecule has 0 N–H and O–H groups in total. The number of rotatable bonds is 3. The van der Waals surface area contributed by atoms with Crippen LogP contribution in [0, 0.1) is 5.82 Å². The number of benzene rings is 3. The Balaban J connectivity index is 2.14. The predicted molar refractivity (Wildman–Crippen MR) is 104 cm³/mol. The van der Waals surface area contributed by atoms with Crippen LogP contribution < -0.4 is 4.74 Å². The lowest BCUT2D eigenvalue weighted by Gasteiger charge is -2.18. The molecule has 1 heterocycles. The number of fused-ring (bicyclic) bond motifs is 1. The molecule has 2 nitrogen and oxygen atoms in total. The number of nitrogens with zero attached hydrogens (tertiary/aromatic N) is 1. The molecule has 0 spiro atoms. The van der Waals surface area contributed by atoms with E-state index in [1.165, 1.54) is 37.6 Å². The highest BCUT2D eigenvalue weighted by Crippen LogP contribution is 2.44. The van der Waals surface area contributed by atoms with E-state index in [4.69, 9.17) is 4.74 Å². The van der Waals surface area contributed by atoms with Crippen molar-refractivity contribution in [1.29, 1.82) is 0 Å². The van der Waals surface area contributed by atoms with E-state index < -0.39 is 17.6 Å². The molecule has 0 bridgehead atoms. The number of hydrogen-bond donors (Lipinski definition) is 0. The number of alkyl halides is 3. The van der Waals surface area contributed by atoms with Gasteiger partial charge in [-0.3, -0.25) is 4.98 Å². The van der Waals surface area contributed by atoms with Gasteiger partial charge >= 0.3 is 6.18 Å². The molecule has 0 atom stereocenters. The van der Waals surface area contributed by atoms with Crippen molar-refractivity contribution in [1.82, 2.24) is 4.98 Å². The van der Waals surface area contributed by atoms with Gasteiger partial charge in [-0.25, -0.2) is 4.39 Å². The minimum atomic E-state index is -4.55. The fourth-order valence-electron chi connectivity index (χ4n) is 3.45. The summed E-state index contributed by atoms with van der Waals surface area (Å²) in [6.45, 7) is 0. The van der Waals surface area contributed by atoms with Crippen LogP contribution in [0.5, 0.6) is 5.75 Å². The molecule has 0 saturated carbocycles. The van der Waals surface area contributed by atoms with E-state index >= 15 is 0 Å². The Bertz CT molecular complexity index is 1190. The highest BCUT2D eigenvalue weighted by atomic mass is 19.4. The molecule has 3 aromatic carbocycles. The lowest BCUT2D eigenvalue weighted by Crippen LogP contribution is -2.07. The second-order valence-corrected chi connectivity index (χ2v) is 6.46. The van der Waals surface area contributed by atoms with Crippen molar-refractivity contribution in [3.63, 3.8) is 0 Å². The first-order valence-electron chi connectivity index (χ1n) is 8.78. The zero-order valence-corrected chi connectivity index (χ0v) is 15.3. The lowest BCUT2D eigenvalue weighted by molar-refractivity contribution is -0.136. The third kappa shape index (κ3) is 3.42. The van der Waals surface area contributed by atoms with Gasteiger partial charge in [-0.2, -0.15) is 13.2 Å². The second-order valence-electron chi connectivity index (χ2n) is 6.46. The summed E-state index contributed by atoms with van der Waals surface area (Å²) in [6.07, 6.45) is -3.13. The smallest absolute Gasteiger partial charge is 0.418 e. The molecule has 1 aromatic heterocycles.